The predicted octanol–water partition coefficient (Wildman–Crippen LogP) is 7.10. The van der Waals surface area contributed by atoms with Gasteiger partial charge in [-0.05, 0) is 50.1 Å². The van der Waals surface area contributed by atoms with Gasteiger partial charge in [0.2, 0.25) is 0 Å². The number of allylic oxidation sites excluding steroid dienone is 4. The molecule has 0 bridgehead atoms. The Balaban J connectivity index is 0.000000801. The van der Waals surface area contributed by atoms with Gasteiger partial charge < -0.3 is 14.9 Å². The molecule has 2 aromatic carbocycles. The van der Waals surface area contributed by atoms with Gasteiger partial charge in [0.05, 0.1) is 0 Å². The van der Waals surface area contributed by atoms with Crippen molar-refractivity contribution in [2.75, 3.05) is 0 Å². The minimum atomic E-state index is -0.284. The van der Waals surface area contributed by atoms with E-state index in [0.717, 1.165) is 5.92 Å². The van der Waals surface area contributed by atoms with Crippen molar-refractivity contribution in [2.45, 2.75) is 44.7 Å². The summed E-state index contributed by atoms with van der Waals surface area (Å²) < 4.78 is 0. The molecule has 0 aromatic heterocycles. The number of benzene rings is 2. The molecular formula is C26H35FeP. The van der Waals surface area contributed by atoms with Gasteiger partial charge in [-0.1, -0.05) is 98.3 Å². The van der Waals surface area contributed by atoms with E-state index in [1.54, 1.807) is 0 Å². The maximum absolute atomic E-state index is 2.47. The van der Waals surface area contributed by atoms with Crippen LogP contribution in [0.3, 0.4) is 0 Å². The fraction of sp³-hybridized carbons (Fsp3) is 0.308. The fourth-order valence-corrected chi connectivity index (χ4v) is 6.68. The van der Waals surface area contributed by atoms with Crippen molar-refractivity contribution in [3.8, 4) is 0 Å². The summed E-state index contributed by atoms with van der Waals surface area (Å²) >= 11 is 0. The van der Waals surface area contributed by atoms with Gasteiger partial charge in [0.15, 0.2) is 0 Å². The SMILES string of the molecule is C1=CCCC1.CCC1CC=C[C@@H]1P(c1ccccc1)c1ccccc1.[CH3-].[CH3-].[Fe+2]. The quantitative estimate of drug-likeness (QED) is 0.208. The molecule has 2 atom stereocenters. The molecular weight excluding hydrogens is 399 g/mol. The fourth-order valence-electron chi connectivity index (χ4n) is 3.65. The van der Waals surface area contributed by atoms with E-state index < -0.39 is 0 Å². The van der Waals surface area contributed by atoms with Gasteiger partial charge in [-0.2, -0.15) is 0 Å². The van der Waals surface area contributed by atoms with Crippen LogP contribution >= 0.6 is 7.92 Å². The Kier molecular flexibility index (Phi) is 14.2. The Morgan fingerprint density at radius 2 is 1.29 bits per heavy atom. The second-order valence-corrected chi connectivity index (χ2v) is 9.14. The van der Waals surface area contributed by atoms with Crippen LogP contribution in [0.4, 0.5) is 0 Å². The molecule has 0 saturated heterocycles. The van der Waals surface area contributed by atoms with Gasteiger partial charge in [-0.25, -0.2) is 0 Å². The molecule has 0 amide bonds. The summed E-state index contributed by atoms with van der Waals surface area (Å²) in [4.78, 5) is 0. The van der Waals surface area contributed by atoms with Crippen LogP contribution in [0, 0.1) is 20.8 Å². The van der Waals surface area contributed by atoms with Crippen molar-refractivity contribution in [2.24, 2.45) is 5.92 Å². The van der Waals surface area contributed by atoms with Crippen molar-refractivity contribution in [1.29, 1.82) is 0 Å². The smallest absolute Gasteiger partial charge is 0.358 e. The van der Waals surface area contributed by atoms with E-state index in [4.69, 9.17) is 0 Å². The third-order valence-corrected chi connectivity index (χ3v) is 7.95. The third-order valence-electron chi connectivity index (χ3n) is 5.05. The second kappa shape index (κ2) is 14.8. The summed E-state index contributed by atoms with van der Waals surface area (Å²) in [5.74, 6) is 0.807. The first-order valence-electron chi connectivity index (χ1n) is 9.61. The van der Waals surface area contributed by atoms with Crippen molar-refractivity contribution in [3.63, 3.8) is 0 Å². The first-order valence-corrected chi connectivity index (χ1v) is 11.0. The molecule has 2 heteroatoms. The summed E-state index contributed by atoms with van der Waals surface area (Å²) in [6.45, 7) is 2.33. The number of rotatable bonds is 4. The van der Waals surface area contributed by atoms with Gasteiger partial charge in [-0.3, -0.25) is 0 Å². The molecule has 0 nitrogen and oxygen atoms in total. The van der Waals surface area contributed by atoms with Crippen molar-refractivity contribution in [1.82, 2.24) is 0 Å². The molecule has 152 valence electrons. The van der Waals surface area contributed by atoms with Crippen molar-refractivity contribution < 1.29 is 17.1 Å². The molecule has 0 saturated carbocycles. The normalized spacial score (nSPS) is 19.1. The van der Waals surface area contributed by atoms with Crippen molar-refractivity contribution in [3.05, 3.63) is 99.8 Å². The molecule has 2 aromatic rings. The number of hydrogen-bond acceptors (Lipinski definition) is 0. The summed E-state index contributed by atoms with van der Waals surface area (Å²) in [5.41, 5.74) is 0.694. The van der Waals surface area contributed by atoms with Crippen LogP contribution in [0.5, 0.6) is 0 Å². The Morgan fingerprint density at radius 1 is 0.786 bits per heavy atom. The van der Waals surface area contributed by atoms with Gasteiger partial charge in [0.1, 0.15) is 0 Å². The molecule has 2 aliphatic rings. The van der Waals surface area contributed by atoms with Gasteiger partial charge in [0.25, 0.3) is 0 Å². The predicted molar refractivity (Wildman–Crippen MR) is 126 cm³/mol. The van der Waals surface area contributed by atoms with E-state index in [1.807, 2.05) is 0 Å². The average Bonchev–Trinajstić information content (AvgIpc) is 3.39. The Hall–Kier alpha value is -1.13. The maximum Gasteiger partial charge on any atom is 2.00 e. The number of hydrogen-bond donors (Lipinski definition) is 0. The standard InChI is InChI=1S/C19H21P.C5H8.2CH3.Fe/c1-2-16-10-9-15-19(16)20(17-11-5-3-6-12-17)18-13-7-4-8-14-18;1-2-4-5-3-1;;;/h3-9,11-16,19H,2,10H2,1H3;1-2H,3-5H2;2*1H3;/q;;2*-1;+2/t16?,19-;;;;/m0..../s1. The van der Waals surface area contributed by atoms with Crippen LogP contribution in [-0.4, -0.2) is 5.66 Å². The van der Waals surface area contributed by atoms with E-state index >= 15 is 0 Å². The van der Waals surface area contributed by atoms with Crippen LogP contribution < -0.4 is 10.6 Å². The molecule has 0 radical (unpaired) electrons. The zero-order valence-electron chi connectivity index (χ0n) is 17.6. The maximum atomic E-state index is 2.47. The Labute approximate surface area is 185 Å². The molecule has 1 unspecified atom stereocenters. The molecule has 4 rings (SSSR count). The molecule has 0 N–H and O–H groups in total. The molecule has 0 heterocycles. The summed E-state index contributed by atoms with van der Waals surface area (Å²) in [6.07, 6.45) is 15.9. The molecule has 28 heavy (non-hydrogen) atoms. The van der Waals surface area contributed by atoms with Gasteiger partial charge >= 0.3 is 17.1 Å². The second-order valence-electron chi connectivity index (χ2n) is 6.77. The van der Waals surface area contributed by atoms with E-state index in [-0.39, 0.29) is 39.8 Å². The molecule has 0 aliphatic heterocycles. The summed E-state index contributed by atoms with van der Waals surface area (Å²) in [6, 6.07) is 22.1. The van der Waals surface area contributed by atoms with Crippen LogP contribution in [0.25, 0.3) is 0 Å². The minimum Gasteiger partial charge on any atom is -0.358 e. The first-order chi connectivity index (χ1) is 12.4. The zero-order valence-corrected chi connectivity index (χ0v) is 19.6. The van der Waals surface area contributed by atoms with E-state index in [2.05, 4.69) is 91.9 Å². The monoisotopic (exact) mass is 434 g/mol. The van der Waals surface area contributed by atoms with Crippen LogP contribution in [0.2, 0.25) is 0 Å². The van der Waals surface area contributed by atoms with Crippen LogP contribution in [0.15, 0.2) is 85.0 Å². The van der Waals surface area contributed by atoms with Crippen molar-refractivity contribution >= 4 is 18.5 Å². The Bertz CT molecular complexity index is 633. The molecule has 0 fully saturated rings. The van der Waals surface area contributed by atoms with E-state index in [9.17, 15) is 0 Å². The average molecular weight is 434 g/mol. The molecule has 2 aliphatic carbocycles. The summed E-state index contributed by atoms with van der Waals surface area (Å²) in [5, 5.41) is 3.01. The third kappa shape index (κ3) is 7.36. The van der Waals surface area contributed by atoms with E-state index in [1.165, 1.54) is 42.7 Å². The molecule has 0 spiro atoms. The zero-order chi connectivity index (χ0) is 17.3. The largest absolute Gasteiger partial charge is 2.00 e. The topological polar surface area (TPSA) is 0 Å². The van der Waals surface area contributed by atoms with Gasteiger partial charge in [-0.15, -0.1) is 0 Å². The van der Waals surface area contributed by atoms with Gasteiger partial charge in [0, 0.05) is 5.66 Å². The van der Waals surface area contributed by atoms with E-state index in [0.29, 0.717) is 5.66 Å². The van der Waals surface area contributed by atoms with Crippen LogP contribution in [0.1, 0.15) is 39.0 Å². The minimum absolute atomic E-state index is 0. The first kappa shape index (κ1) is 26.9. The summed E-state index contributed by atoms with van der Waals surface area (Å²) in [7, 11) is -0.284. The Morgan fingerprint density at radius 3 is 1.68 bits per heavy atom. The van der Waals surface area contributed by atoms with Crippen LogP contribution in [-0.2, 0) is 17.1 Å².